The molecule has 1 saturated carbocycles. The van der Waals surface area contributed by atoms with Gasteiger partial charge in [-0.25, -0.2) is 0 Å². The molecule has 5 nitrogen and oxygen atoms in total. The number of rotatable bonds is 2. The number of amides is 1. The maximum Gasteiger partial charge on any atom is 0.314 e. The summed E-state index contributed by atoms with van der Waals surface area (Å²) in [6, 6.07) is 6.02. The van der Waals surface area contributed by atoms with Crippen LogP contribution in [0, 0.1) is 37.5 Å². The molecule has 0 spiro atoms. The molecule has 2 aromatic rings. The molecule has 0 unspecified atom stereocenters. The monoisotopic (exact) mass is 380 g/mol. The van der Waals surface area contributed by atoms with Crippen LogP contribution >= 0.6 is 0 Å². The van der Waals surface area contributed by atoms with Crippen LogP contribution in [-0.4, -0.2) is 42.0 Å². The summed E-state index contributed by atoms with van der Waals surface area (Å²) >= 11 is 0. The average molecular weight is 380 g/mol. The van der Waals surface area contributed by atoms with Gasteiger partial charge in [-0.2, -0.15) is 0 Å². The first-order valence-corrected chi connectivity index (χ1v) is 9.86. The highest BCUT2D eigenvalue weighted by Gasteiger charge is 2.68. The number of aromatic nitrogens is 1. The Labute approximate surface area is 166 Å². The summed E-state index contributed by atoms with van der Waals surface area (Å²) in [5.41, 5.74) is 3.90. The van der Waals surface area contributed by atoms with Crippen molar-refractivity contribution in [3.8, 4) is 0 Å². The summed E-state index contributed by atoms with van der Waals surface area (Å²) in [5, 5.41) is 0.888. The van der Waals surface area contributed by atoms with Gasteiger partial charge in [0.2, 0.25) is 0 Å². The lowest BCUT2D eigenvalue weighted by molar-refractivity contribution is -0.174. The van der Waals surface area contributed by atoms with Crippen LogP contribution in [0.15, 0.2) is 18.2 Å². The second-order valence-corrected chi connectivity index (χ2v) is 9.27. The number of carbonyl (C=O) groups excluding carboxylic acids is 2. The Hall–Kier alpha value is -2.43. The van der Waals surface area contributed by atoms with Gasteiger partial charge in [-0.3, -0.25) is 14.6 Å². The van der Waals surface area contributed by atoms with Crippen LogP contribution in [0.2, 0.25) is 0 Å². The van der Waals surface area contributed by atoms with Gasteiger partial charge < -0.3 is 9.64 Å². The second-order valence-electron chi connectivity index (χ2n) is 9.27. The van der Waals surface area contributed by atoms with Crippen molar-refractivity contribution in [2.24, 2.45) is 16.7 Å². The Kier molecular flexibility index (Phi) is 4.07. The molecule has 4 rings (SSSR count). The number of ether oxygens (including phenoxy) is 1. The van der Waals surface area contributed by atoms with E-state index in [-0.39, 0.29) is 23.2 Å². The SMILES string of the molecule is COC(=O)[C@@]12CN(C(=O)c3c(C)c(C)nc4ccc(C)cc34)C[C@@H]1C(C)(C)C2. The van der Waals surface area contributed by atoms with Crippen LogP contribution in [0.25, 0.3) is 10.9 Å². The number of hydrogen-bond acceptors (Lipinski definition) is 4. The number of pyridine rings is 1. The van der Waals surface area contributed by atoms with Gasteiger partial charge in [0, 0.05) is 24.2 Å². The van der Waals surface area contributed by atoms with Crippen molar-refractivity contribution in [2.45, 2.75) is 41.0 Å². The summed E-state index contributed by atoms with van der Waals surface area (Å²) in [7, 11) is 1.44. The topological polar surface area (TPSA) is 59.5 Å². The van der Waals surface area contributed by atoms with E-state index in [1.807, 2.05) is 43.9 Å². The Morgan fingerprint density at radius 1 is 1.21 bits per heavy atom. The first-order valence-electron chi connectivity index (χ1n) is 9.86. The van der Waals surface area contributed by atoms with E-state index in [0.717, 1.165) is 34.1 Å². The normalized spacial score (nSPS) is 25.4. The zero-order chi connectivity index (χ0) is 20.4. The van der Waals surface area contributed by atoms with Gasteiger partial charge in [-0.15, -0.1) is 0 Å². The van der Waals surface area contributed by atoms with E-state index in [0.29, 0.717) is 18.7 Å². The van der Waals surface area contributed by atoms with Gasteiger partial charge in [0.25, 0.3) is 5.91 Å². The van der Waals surface area contributed by atoms with Crippen molar-refractivity contribution in [2.75, 3.05) is 20.2 Å². The van der Waals surface area contributed by atoms with Gasteiger partial charge in [-0.1, -0.05) is 25.5 Å². The summed E-state index contributed by atoms with van der Waals surface area (Å²) < 4.78 is 5.13. The molecule has 1 aromatic heterocycles. The summed E-state index contributed by atoms with van der Waals surface area (Å²) in [5.74, 6) is -0.0600. The van der Waals surface area contributed by atoms with Crippen LogP contribution < -0.4 is 0 Å². The fraction of sp³-hybridized carbons (Fsp3) is 0.522. The van der Waals surface area contributed by atoms with Gasteiger partial charge in [0.1, 0.15) is 0 Å². The number of nitrogens with zero attached hydrogens (tertiary/aromatic N) is 2. The molecule has 0 N–H and O–H groups in total. The third-order valence-electron chi connectivity index (χ3n) is 6.98. The lowest BCUT2D eigenvalue weighted by Gasteiger charge is -2.54. The highest BCUT2D eigenvalue weighted by atomic mass is 16.5. The zero-order valence-electron chi connectivity index (χ0n) is 17.5. The van der Waals surface area contributed by atoms with Crippen molar-refractivity contribution in [3.05, 3.63) is 40.6 Å². The number of carbonyl (C=O) groups is 2. The standard InChI is InChI=1S/C23H28N2O3/c1-13-7-8-17-16(9-13)19(14(2)15(3)24-17)20(26)25-10-18-22(4,5)11-23(18,12-25)21(27)28-6/h7-9,18H,10-12H2,1-6H3/t18-,23+/m1/s1. The first kappa shape index (κ1) is 18.9. The minimum absolute atomic E-state index is 0.00734. The second kappa shape index (κ2) is 6.03. The van der Waals surface area contributed by atoms with Gasteiger partial charge in [-0.05, 0) is 56.2 Å². The fourth-order valence-corrected chi connectivity index (χ4v) is 5.56. The smallest absolute Gasteiger partial charge is 0.314 e. The van der Waals surface area contributed by atoms with E-state index >= 15 is 0 Å². The number of esters is 1. The molecule has 2 heterocycles. The highest BCUT2D eigenvalue weighted by Crippen LogP contribution is 2.63. The average Bonchev–Trinajstić information content (AvgIpc) is 2.98. The van der Waals surface area contributed by atoms with Crippen LogP contribution in [0.1, 0.15) is 47.4 Å². The van der Waals surface area contributed by atoms with E-state index in [9.17, 15) is 9.59 Å². The van der Waals surface area contributed by atoms with Crippen molar-refractivity contribution < 1.29 is 14.3 Å². The Morgan fingerprint density at radius 3 is 2.57 bits per heavy atom. The Morgan fingerprint density at radius 2 is 1.93 bits per heavy atom. The predicted molar refractivity (Wildman–Crippen MR) is 108 cm³/mol. The van der Waals surface area contributed by atoms with Crippen molar-refractivity contribution >= 4 is 22.8 Å². The van der Waals surface area contributed by atoms with Crippen LogP contribution in [0.4, 0.5) is 0 Å². The molecule has 28 heavy (non-hydrogen) atoms. The minimum Gasteiger partial charge on any atom is -0.469 e. The molecule has 0 radical (unpaired) electrons. The maximum atomic E-state index is 13.7. The van der Waals surface area contributed by atoms with Crippen LogP contribution in [-0.2, 0) is 9.53 Å². The summed E-state index contributed by atoms with van der Waals surface area (Å²) in [4.78, 5) is 32.8. The number of likely N-dealkylation sites (tertiary alicyclic amines) is 1. The number of hydrogen-bond donors (Lipinski definition) is 0. The third kappa shape index (κ3) is 2.48. The summed E-state index contributed by atoms with van der Waals surface area (Å²) in [6.07, 6.45) is 0.759. The van der Waals surface area contributed by atoms with Crippen molar-refractivity contribution in [1.82, 2.24) is 9.88 Å². The molecule has 1 amide bonds. The van der Waals surface area contributed by atoms with Gasteiger partial charge in [0.05, 0.1) is 23.6 Å². The Bertz CT molecular complexity index is 1010. The largest absolute Gasteiger partial charge is 0.469 e. The molecule has 148 valence electrons. The lowest BCUT2D eigenvalue weighted by atomic mass is 9.48. The quantitative estimate of drug-likeness (QED) is 0.743. The van der Waals surface area contributed by atoms with E-state index in [4.69, 9.17) is 4.74 Å². The number of fused-ring (bicyclic) bond motifs is 2. The Balaban J connectivity index is 1.78. The molecule has 2 aliphatic rings. The number of aryl methyl sites for hydroxylation is 2. The molecule has 1 saturated heterocycles. The van der Waals surface area contributed by atoms with E-state index in [1.165, 1.54) is 7.11 Å². The van der Waals surface area contributed by atoms with E-state index < -0.39 is 5.41 Å². The third-order valence-corrected chi connectivity index (χ3v) is 6.98. The summed E-state index contributed by atoms with van der Waals surface area (Å²) in [6.45, 7) is 11.3. The molecular weight excluding hydrogens is 352 g/mol. The number of benzene rings is 1. The fourth-order valence-electron chi connectivity index (χ4n) is 5.56. The molecule has 1 aliphatic heterocycles. The molecule has 2 fully saturated rings. The highest BCUT2D eigenvalue weighted by molar-refractivity contribution is 6.08. The molecular formula is C23H28N2O3. The van der Waals surface area contributed by atoms with E-state index in [2.05, 4.69) is 18.8 Å². The predicted octanol–water partition coefficient (Wildman–Crippen LogP) is 3.82. The van der Waals surface area contributed by atoms with Crippen molar-refractivity contribution in [3.63, 3.8) is 0 Å². The first-order chi connectivity index (χ1) is 13.1. The zero-order valence-corrected chi connectivity index (χ0v) is 17.5. The maximum absolute atomic E-state index is 13.7. The number of methoxy groups -OCH3 is 1. The van der Waals surface area contributed by atoms with Gasteiger partial charge >= 0.3 is 5.97 Å². The van der Waals surface area contributed by atoms with Gasteiger partial charge in [0.15, 0.2) is 0 Å². The van der Waals surface area contributed by atoms with E-state index in [1.54, 1.807) is 0 Å². The molecule has 1 aliphatic carbocycles. The van der Waals surface area contributed by atoms with Crippen molar-refractivity contribution in [1.29, 1.82) is 0 Å². The minimum atomic E-state index is -0.560. The molecule has 5 heteroatoms. The molecule has 0 bridgehead atoms. The molecule has 2 atom stereocenters. The van der Waals surface area contributed by atoms with Crippen LogP contribution in [0.5, 0.6) is 0 Å². The molecule has 1 aromatic carbocycles. The lowest BCUT2D eigenvalue weighted by Crippen LogP contribution is -2.57. The van der Waals surface area contributed by atoms with Crippen LogP contribution in [0.3, 0.4) is 0 Å².